The van der Waals surface area contributed by atoms with E-state index >= 15 is 0 Å². The Kier molecular flexibility index (Phi) is 4.36. The molecule has 0 aliphatic carbocycles. The van der Waals surface area contributed by atoms with E-state index in [0.29, 0.717) is 19.8 Å². The molecule has 5 heteroatoms. The van der Waals surface area contributed by atoms with Crippen LogP contribution in [0.2, 0.25) is 0 Å². The Balaban J connectivity index is 1.96. The number of ether oxygens (including phenoxy) is 1. The van der Waals surface area contributed by atoms with Crippen LogP contribution in [0.15, 0.2) is 12.3 Å². The van der Waals surface area contributed by atoms with Gasteiger partial charge in [0.05, 0.1) is 25.5 Å². The van der Waals surface area contributed by atoms with Gasteiger partial charge in [0.25, 0.3) is 0 Å². The standard InChI is InChI=1S/C7H13N3O2/c1-11-4-5-12-9-6-7-2-3-8-10-7/h2-3,9H,4-6H2,1H3,(H,8,10). The summed E-state index contributed by atoms with van der Waals surface area (Å²) in [5.74, 6) is 0. The monoisotopic (exact) mass is 171 g/mol. The molecule has 0 unspecified atom stereocenters. The summed E-state index contributed by atoms with van der Waals surface area (Å²) in [7, 11) is 1.64. The molecule has 5 nitrogen and oxygen atoms in total. The molecule has 0 aromatic carbocycles. The normalized spacial score (nSPS) is 10.4. The van der Waals surface area contributed by atoms with Crippen molar-refractivity contribution in [2.75, 3.05) is 20.3 Å². The van der Waals surface area contributed by atoms with Crippen molar-refractivity contribution < 1.29 is 9.57 Å². The quantitative estimate of drug-likeness (QED) is 0.470. The minimum atomic E-state index is 0.546. The number of aromatic amines is 1. The number of rotatable bonds is 6. The second kappa shape index (κ2) is 5.70. The van der Waals surface area contributed by atoms with Gasteiger partial charge in [0, 0.05) is 13.3 Å². The molecule has 1 aromatic heterocycles. The first-order valence-corrected chi connectivity index (χ1v) is 3.75. The zero-order valence-electron chi connectivity index (χ0n) is 7.04. The van der Waals surface area contributed by atoms with Crippen LogP contribution in [0.25, 0.3) is 0 Å². The van der Waals surface area contributed by atoms with Crippen molar-refractivity contribution in [3.8, 4) is 0 Å². The first-order valence-electron chi connectivity index (χ1n) is 3.75. The van der Waals surface area contributed by atoms with Gasteiger partial charge in [0.2, 0.25) is 0 Å². The van der Waals surface area contributed by atoms with Crippen LogP contribution in [0.4, 0.5) is 0 Å². The lowest BCUT2D eigenvalue weighted by Crippen LogP contribution is -2.17. The van der Waals surface area contributed by atoms with E-state index in [0.717, 1.165) is 5.69 Å². The summed E-state index contributed by atoms with van der Waals surface area (Å²) < 4.78 is 4.79. The van der Waals surface area contributed by atoms with Crippen molar-refractivity contribution in [3.63, 3.8) is 0 Å². The van der Waals surface area contributed by atoms with Crippen molar-refractivity contribution in [2.45, 2.75) is 6.54 Å². The van der Waals surface area contributed by atoms with E-state index in [1.54, 1.807) is 13.3 Å². The van der Waals surface area contributed by atoms with Gasteiger partial charge in [0.15, 0.2) is 0 Å². The van der Waals surface area contributed by atoms with Crippen LogP contribution in [0.5, 0.6) is 0 Å². The van der Waals surface area contributed by atoms with Crippen LogP contribution >= 0.6 is 0 Å². The number of hydrogen-bond donors (Lipinski definition) is 2. The fourth-order valence-corrected chi connectivity index (χ4v) is 0.709. The highest BCUT2D eigenvalue weighted by molar-refractivity contribution is 4.95. The van der Waals surface area contributed by atoms with Crippen molar-refractivity contribution in [1.29, 1.82) is 0 Å². The number of nitrogens with zero attached hydrogens (tertiary/aromatic N) is 1. The smallest absolute Gasteiger partial charge is 0.0916 e. The minimum Gasteiger partial charge on any atom is -0.382 e. The Hall–Kier alpha value is -0.910. The van der Waals surface area contributed by atoms with Crippen LogP contribution in [0.1, 0.15) is 5.69 Å². The molecule has 0 saturated carbocycles. The maximum Gasteiger partial charge on any atom is 0.0916 e. The number of hydroxylamine groups is 1. The highest BCUT2D eigenvalue weighted by Crippen LogP contribution is 1.88. The third-order valence-corrected chi connectivity index (χ3v) is 1.31. The van der Waals surface area contributed by atoms with Gasteiger partial charge in [-0.2, -0.15) is 10.6 Å². The maximum absolute atomic E-state index is 5.02. The predicted molar refractivity (Wildman–Crippen MR) is 43.3 cm³/mol. The van der Waals surface area contributed by atoms with Gasteiger partial charge in [-0.05, 0) is 6.07 Å². The fraction of sp³-hybridized carbons (Fsp3) is 0.571. The highest BCUT2D eigenvalue weighted by Gasteiger charge is 1.91. The number of H-pyrrole nitrogens is 1. The predicted octanol–water partition coefficient (Wildman–Crippen LogP) is 0.0773. The lowest BCUT2D eigenvalue weighted by atomic mass is 10.4. The van der Waals surface area contributed by atoms with Gasteiger partial charge in [-0.15, -0.1) is 0 Å². The molecule has 1 rings (SSSR count). The van der Waals surface area contributed by atoms with Crippen LogP contribution < -0.4 is 5.48 Å². The maximum atomic E-state index is 5.02. The van der Waals surface area contributed by atoms with Gasteiger partial charge in [0.1, 0.15) is 0 Å². The molecule has 68 valence electrons. The SMILES string of the molecule is COCCONCc1ccn[nH]1. The second-order valence-corrected chi connectivity index (χ2v) is 2.24. The molecule has 2 N–H and O–H groups in total. The van der Waals surface area contributed by atoms with E-state index in [1.165, 1.54) is 0 Å². The van der Waals surface area contributed by atoms with Gasteiger partial charge < -0.3 is 4.74 Å². The molecular weight excluding hydrogens is 158 g/mol. The summed E-state index contributed by atoms with van der Waals surface area (Å²) in [4.78, 5) is 5.02. The Morgan fingerprint density at radius 2 is 2.50 bits per heavy atom. The Morgan fingerprint density at radius 3 is 3.17 bits per heavy atom. The summed E-state index contributed by atoms with van der Waals surface area (Å²) in [6.45, 7) is 1.77. The molecule has 1 aromatic rings. The molecule has 0 radical (unpaired) electrons. The molecule has 0 aliphatic heterocycles. The zero-order valence-corrected chi connectivity index (χ0v) is 7.04. The Morgan fingerprint density at radius 1 is 1.58 bits per heavy atom. The van der Waals surface area contributed by atoms with Crippen molar-refractivity contribution in [3.05, 3.63) is 18.0 Å². The summed E-state index contributed by atoms with van der Waals surface area (Å²) in [5, 5.41) is 6.60. The average Bonchev–Trinajstić information content (AvgIpc) is 2.57. The molecule has 0 spiro atoms. The van der Waals surface area contributed by atoms with E-state index < -0.39 is 0 Å². The van der Waals surface area contributed by atoms with E-state index in [9.17, 15) is 0 Å². The van der Waals surface area contributed by atoms with Crippen molar-refractivity contribution >= 4 is 0 Å². The second-order valence-electron chi connectivity index (χ2n) is 2.24. The largest absolute Gasteiger partial charge is 0.382 e. The molecule has 1 heterocycles. The van der Waals surface area contributed by atoms with Gasteiger partial charge >= 0.3 is 0 Å². The lowest BCUT2D eigenvalue weighted by Gasteiger charge is -2.02. The van der Waals surface area contributed by atoms with Crippen molar-refractivity contribution in [1.82, 2.24) is 15.7 Å². The number of nitrogens with one attached hydrogen (secondary N) is 2. The summed E-state index contributed by atoms with van der Waals surface area (Å²) >= 11 is 0. The molecule has 0 amide bonds. The van der Waals surface area contributed by atoms with E-state index in [2.05, 4.69) is 15.7 Å². The van der Waals surface area contributed by atoms with Crippen LogP contribution in [0.3, 0.4) is 0 Å². The molecule has 0 aliphatic rings. The van der Waals surface area contributed by atoms with Crippen molar-refractivity contribution in [2.24, 2.45) is 0 Å². The topological polar surface area (TPSA) is 59.2 Å². The van der Waals surface area contributed by atoms with Gasteiger partial charge in [-0.3, -0.25) is 9.94 Å². The minimum absolute atomic E-state index is 0.546. The summed E-state index contributed by atoms with van der Waals surface area (Å²) in [5.41, 5.74) is 3.76. The molecule has 0 atom stereocenters. The third-order valence-electron chi connectivity index (χ3n) is 1.31. The average molecular weight is 171 g/mol. The van der Waals surface area contributed by atoms with Gasteiger partial charge in [-0.25, -0.2) is 0 Å². The van der Waals surface area contributed by atoms with Crippen LogP contribution in [0, 0.1) is 0 Å². The number of hydrogen-bond acceptors (Lipinski definition) is 4. The Labute approximate surface area is 71.0 Å². The highest BCUT2D eigenvalue weighted by atomic mass is 16.7. The first-order chi connectivity index (χ1) is 5.93. The first kappa shape index (κ1) is 9.18. The number of methoxy groups -OCH3 is 1. The number of aromatic nitrogens is 2. The fourth-order valence-electron chi connectivity index (χ4n) is 0.709. The van der Waals surface area contributed by atoms with E-state index in [4.69, 9.17) is 9.57 Å². The molecule has 0 saturated heterocycles. The zero-order chi connectivity index (χ0) is 8.65. The molecule has 0 fully saturated rings. The van der Waals surface area contributed by atoms with E-state index in [1.807, 2.05) is 6.07 Å². The summed E-state index contributed by atoms with van der Waals surface area (Å²) in [6, 6.07) is 1.88. The molecule has 12 heavy (non-hydrogen) atoms. The molecular formula is C7H13N3O2. The Bertz CT molecular complexity index is 189. The molecule has 0 bridgehead atoms. The van der Waals surface area contributed by atoms with Gasteiger partial charge in [-0.1, -0.05) is 0 Å². The third kappa shape index (κ3) is 3.47. The summed E-state index contributed by atoms with van der Waals surface area (Å²) in [6.07, 6.45) is 1.70. The lowest BCUT2D eigenvalue weighted by molar-refractivity contribution is 0.00298. The van der Waals surface area contributed by atoms with Crippen LogP contribution in [-0.4, -0.2) is 30.5 Å². The van der Waals surface area contributed by atoms with E-state index in [-0.39, 0.29) is 0 Å². The van der Waals surface area contributed by atoms with Crippen LogP contribution in [-0.2, 0) is 16.1 Å².